The van der Waals surface area contributed by atoms with Crippen LogP contribution in [0.1, 0.15) is 25.1 Å². The first-order valence-corrected chi connectivity index (χ1v) is 5.30. The molecule has 16 heavy (non-hydrogen) atoms. The minimum atomic E-state index is -1.15. The van der Waals surface area contributed by atoms with Gasteiger partial charge in [0.1, 0.15) is 5.82 Å². The third-order valence-electron chi connectivity index (χ3n) is 3.06. The van der Waals surface area contributed by atoms with Crippen LogP contribution in [0.15, 0.2) is 18.2 Å². The SMILES string of the molecule is Cc1cc2c(F)c(C(C)(C)O)ccc2n1C. The molecular formula is C13H16FNO. The summed E-state index contributed by atoms with van der Waals surface area (Å²) < 4.78 is 16.1. The number of fused-ring (bicyclic) bond motifs is 1. The van der Waals surface area contributed by atoms with Crippen LogP contribution in [-0.4, -0.2) is 9.67 Å². The number of hydrogen-bond donors (Lipinski definition) is 1. The van der Waals surface area contributed by atoms with E-state index in [1.54, 1.807) is 26.0 Å². The topological polar surface area (TPSA) is 25.2 Å². The maximum Gasteiger partial charge on any atom is 0.138 e. The van der Waals surface area contributed by atoms with Crippen molar-refractivity contribution in [2.24, 2.45) is 7.05 Å². The Labute approximate surface area is 94.3 Å². The van der Waals surface area contributed by atoms with Gasteiger partial charge in [-0.15, -0.1) is 0 Å². The van der Waals surface area contributed by atoms with Gasteiger partial charge in [0.15, 0.2) is 0 Å². The minimum absolute atomic E-state index is 0.325. The number of halogens is 1. The van der Waals surface area contributed by atoms with E-state index in [2.05, 4.69) is 0 Å². The lowest BCUT2D eigenvalue weighted by molar-refractivity contribution is 0.0749. The fourth-order valence-electron chi connectivity index (χ4n) is 1.98. The number of aromatic nitrogens is 1. The molecule has 2 nitrogen and oxygen atoms in total. The summed E-state index contributed by atoms with van der Waals surface area (Å²) in [6, 6.07) is 5.30. The van der Waals surface area contributed by atoms with Gasteiger partial charge in [-0.3, -0.25) is 0 Å². The molecule has 0 saturated heterocycles. The zero-order chi connectivity index (χ0) is 12.1. The first-order chi connectivity index (χ1) is 7.32. The number of aryl methyl sites for hydroxylation is 2. The summed E-state index contributed by atoms with van der Waals surface area (Å²) in [5.41, 5.74) is 1.04. The van der Waals surface area contributed by atoms with Gasteiger partial charge in [-0.05, 0) is 32.9 Å². The molecule has 1 N–H and O–H groups in total. The summed E-state index contributed by atoms with van der Waals surface area (Å²) in [7, 11) is 1.90. The predicted molar refractivity (Wildman–Crippen MR) is 62.9 cm³/mol. The molecule has 0 fully saturated rings. The molecule has 1 aromatic heterocycles. The largest absolute Gasteiger partial charge is 0.386 e. The van der Waals surface area contributed by atoms with Crippen molar-refractivity contribution in [3.05, 3.63) is 35.3 Å². The van der Waals surface area contributed by atoms with E-state index in [-0.39, 0.29) is 5.82 Å². The lowest BCUT2D eigenvalue weighted by atomic mass is 9.96. The molecule has 0 atom stereocenters. The second-order valence-corrected chi connectivity index (χ2v) is 4.76. The van der Waals surface area contributed by atoms with Crippen LogP contribution < -0.4 is 0 Å². The summed E-state index contributed by atoms with van der Waals surface area (Å²) in [4.78, 5) is 0. The molecule has 0 aliphatic heterocycles. The van der Waals surface area contributed by atoms with Gasteiger partial charge in [-0.1, -0.05) is 6.07 Å². The Bertz CT molecular complexity index is 549. The van der Waals surface area contributed by atoms with Crippen LogP contribution in [-0.2, 0) is 12.6 Å². The van der Waals surface area contributed by atoms with Gasteiger partial charge in [-0.2, -0.15) is 0 Å². The van der Waals surface area contributed by atoms with E-state index in [0.29, 0.717) is 10.9 Å². The van der Waals surface area contributed by atoms with Crippen LogP contribution in [0.2, 0.25) is 0 Å². The zero-order valence-corrected chi connectivity index (χ0v) is 10.0. The second kappa shape index (κ2) is 3.32. The molecule has 0 bridgehead atoms. The smallest absolute Gasteiger partial charge is 0.138 e. The molecule has 0 spiro atoms. The van der Waals surface area contributed by atoms with E-state index in [1.165, 1.54) is 0 Å². The second-order valence-electron chi connectivity index (χ2n) is 4.76. The first-order valence-electron chi connectivity index (χ1n) is 5.30. The van der Waals surface area contributed by atoms with Crippen LogP contribution in [0, 0.1) is 12.7 Å². The van der Waals surface area contributed by atoms with E-state index < -0.39 is 5.60 Å². The zero-order valence-electron chi connectivity index (χ0n) is 10.0. The normalized spacial score (nSPS) is 12.4. The highest BCUT2D eigenvalue weighted by Gasteiger charge is 2.22. The highest BCUT2D eigenvalue weighted by Crippen LogP contribution is 2.29. The molecule has 0 aliphatic carbocycles. The fourth-order valence-corrected chi connectivity index (χ4v) is 1.98. The molecule has 0 unspecified atom stereocenters. The summed E-state index contributed by atoms with van der Waals surface area (Å²) in [5.74, 6) is -0.325. The van der Waals surface area contributed by atoms with Crippen molar-refractivity contribution < 1.29 is 9.50 Å². The number of nitrogens with zero attached hydrogens (tertiary/aromatic N) is 1. The Morgan fingerprint density at radius 2 is 1.94 bits per heavy atom. The molecule has 1 aromatic carbocycles. The molecule has 2 aromatic rings. The highest BCUT2D eigenvalue weighted by atomic mass is 19.1. The number of hydrogen-bond acceptors (Lipinski definition) is 1. The first kappa shape index (κ1) is 11.1. The van der Waals surface area contributed by atoms with Crippen LogP contribution in [0.5, 0.6) is 0 Å². The van der Waals surface area contributed by atoms with Gasteiger partial charge in [0, 0.05) is 23.7 Å². The Balaban J connectivity index is 2.81. The Morgan fingerprint density at radius 1 is 1.31 bits per heavy atom. The summed E-state index contributed by atoms with van der Waals surface area (Å²) in [5, 5.41) is 10.4. The van der Waals surface area contributed by atoms with Gasteiger partial charge in [-0.25, -0.2) is 4.39 Å². The maximum atomic E-state index is 14.2. The van der Waals surface area contributed by atoms with Crippen molar-refractivity contribution in [1.82, 2.24) is 4.57 Å². The van der Waals surface area contributed by atoms with Gasteiger partial charge >= 0.3 is 0 Å². The summed E-state index contributed by atoms with van der Waals surface area (Å²) in [6.45, 7) is 5.11. The van der Waals surface area contributed by atoms with Crippen LogP contribution in [0.3, 0.4) is 0 Å². The van der Waals surface area contributed by atoms with Crippen molar-refractivity contribution in [3.8, 4) is 0 Å². The standard InChI is InChI=1S/C13H16FNO/c1-8-7-9-11(15(8)4)6-5-10(12(9)14)13(2,3)16/h5-7,16H,1-4H3. The van der Waals surface area contributed by atoms with Crippen molar-refractivity contribution >= 4 is 10.9 Å². The molecule has 3 heteroatoms. The van der Waals surface area contributed by atoms with Crippen molar-refractivity contribution in [3.63, 3.8) is 0 Å². The molecule has 0 radical (unpaired) electrons. The van der Waals surface area contributed by atoms with Gasteiger partial charge in [0.25, 0.3) is 0 Å². The van der Waals surface area contributed by atoms with Crippen LogP contribution in [0.4, 0.5) is 4.39 Å². The highest BCUT2D eigenvalue weighted by molar-refractivity contribution is 5.83. The molecule has 1 heterocycles. The predicted octanol–water partition coefficient (Wildman–Crippen LogP) is 2.85. The quantitative estimate of drug-likeness (QED) is 0.787. The molecular weight excluding hydrogens is 205 g/mol. The van der Waals surface area contributed by atoms with Gasteiger partial charge < -0.3 is 9.67 Å². The summed E-state index contributed by atoms with van der Waals surface area (Å²) in [6.07, 6.45) is 0. The van der Waals surface area contributed by atoms with E-state index in [1.807, 2.05) is 24.6 Å². The molecule has 0 aliphatic rings. The van der Waals surface area contributed by atoms with E-state index in [4.69, 9.17) is 0 Å². The van der Waals surface area contributed by atoms with Crippen molar-refractivity contribution in [1.29, 1.82) is 0 Å². The molecule has 0 saturated carbocycles. The molecule has 2 rings (SSSR count). The third-order valence-corrected chi connectivity index (χ3v) is 3.06. The van der Waals surface area contributed by atoms with Crippen LogP contribution in [0.25, 0.3) is 10.9 Å². The lowest BCUT2D eigenvalue weighted by Crippen LogP contribution is -2.17. The average Bonchev–Trinajstić information content (AvgIpc) is 2.44. The van der Waals surface area contributed by atoms with E-state index in [0.717, 1.165) is 11.2 Å². The lowest BCUT2D eigenvalue weighted by Gasteiger charge is -2.18. The third kappa shape index (κ3) is 1.52. The van der Waals surface area contributed by atoms with E-state index in [9.17, 15) is 9.50 Å². The Hall–Kier alpha value is -1.35. The Kier molecular flexibility index (Phi) is 2.31. The number of rotatable bonds is 1. The fraction of sp³-hybridized carbons (Fsp3) is 0.385. The number of benzene rings is 1. The van der Waals surface area contributed by atoms with E-state index >= 15 is 0 Å². The number of aliphatic hydroxyl groups is 1. The van der Waals surface area contributed by atoms with Gasteiger partial charge in [0.05, 0.1) is 11.1 Å². The maximum absolute atomic E-state index is 14.2. The Morgan fingerprint density at radius 3 is 2.50 bits per heavy atom. The van der Waals surface area contributed by atoms with Crippen molar-refractivity contribution in [2.45, 2.75) is 26.4 Å². The van der Waals surface area contributed by atoms with Gasteiger partial charge in [0.2, 0.25) is 0 Å². The van der Waals surface area contributed by atoms with Crippen molar-refractivity contribution in [2.75, 3.05) is 0 Å². The minimum Gasteiger partial charge on any atom is -0.386 e. The molecule has 86 valence electrons. The average molecular weight is 221 g/mol. The molecule has 0 amide bonds. The monoisotopic (exact) mass is 221 g/mol. The summed E-state index contributed by atoms with van der Waals surface area (Å²) >= 11 is 0. The van der Waals surface area contributed by atoms with Crippen LogP contribution >= 0.6 is 0 Å².